The summed E-state index contributed by atoms with van der Waals surface area (Å²) in [5.41, 5.74) is 6.48. The standard InChI is InChI=1S/C18H24N2O4/c1-13(2)24-12-16-11-20(9-10-23-16)17(21)8-5-14-3-6-15(7-4-14)18(19)22/h3-8,13,16H,9-12H2,1-2H3,(H2,19,22)/b8-5+. The molecule has 0 aliphatic carbocycles. The van der Waals surface area contributed by atoms with Crippen LogP contribution in [0.2, 0.25) is 0 Å². The van der Waals surface area contributed by atoms with Crippen LogP contribution in [0.4, 0.5) is 0 Å². The van der Waals surface area contributed by atoms with Crippen LogP contribution in [0.15, 0.2) is 30.3 Å². The second kappa shape index (κ2) is 8.61. The SMILES string of the molecule is CC(C)OCC1CN(C(=O)/C=C/c2ccc(C(N)=O)cc2)CCO1. The van der Waals surface area contributed by atoms with Gasteiger partial charge in [0, 0.05) is 24.7 Å². The highest BCUT2D eigenvalue weighted by atomic mass is 16.5. The first-order valence-corrected chi connectivity index (χ1v) is 8.05. The van der Waals surface area contributed by atoms with Gasteiger partial charge in [0.25, 0.3) is 0 Å². The molecule has 1 aromatic carbocycles. The van der Waals surface area contributed by atoms with Gasteiger partial charge < -0.3 is 20.1 Å². The van der Waals surface area contributed by atoms with Crippen LogP contribution >= 0.6 is 0 Å². The summed E-state index contributed by atoms with van der Waals surface area (Å²) in [5, 5.41) is 0. The summed E-state index contributed by atoms with van der Waals surface area (Å²) in [6.45, 7) is 6.03. The molecular weight excluding hydrogens is 308 g/mol. The Morgan fingerprint density at radius 3 is 2.71 bits per heavy atom. The summed E-state index contributed by atoms with van der Waals surface area (Å²) in [6, 6.07) is 6.78. The van der Waals surface area contributed by atoms with Crippen LogP contribution in [0.1, 0.15) is 29.8 Å². The largest absolute Gasteiger partial charge is 0.376 e. The molecule has 6 nitrogen and oxygen atoms in total. The van der Waals surface area contributed by atoms with E-state index < -0.39 is 5.91 Å². The number of ether oxygens (including phenoxy) is 2. The number of primary amides is 1. The first-order chi connectivity index (χ1) is 11.5. The molecule has 1 aliphatic rings. The normalized spacial score (nSPS) is 18.3. The molecule has 130 valence electrons. The van der Waals surface area contributed by atoms with Crippen molar-refractivity contribution in [1.29, 1.82) is 0 Å². The van der Waals surface area contributed by atoms with Crippen molar-refractivity contribution in [2.24, 2.45) is 5.73 Å². The number of carbonyl (C=O) groups is 2. The summed E-state index contributed by atoms with van der Waals surface area (Å²) in [6.07, 6.45) is 3.31. The molecule has 1 atom stereocenters. The van der Waals surface area contributed by atoms with Gasteiger partial charge in [-0.2, -0.15) is 0 Å². The van der Waals surface area contributed by atoms with E-state index in [1.807, 2.05) is 13.8 Å². The van der Waals surface area contributed by atoms with E-state index in [0.29, 0.717) is 31.9 Å². The maximum Gasteiger partial charge on any atom is 0.248 e. The van der Waals surface area contributed by atoms with Crippen molar-refractivity contribution in [2.45, 2.75) is 26.1 Å². The van der Waals surface area contributed by atoms with Crippen LogP contribution < -0.4 is 5.73 Å². The lowest BCUT2D eigenvalue weighted by molar-refractivity contribution is -0.137. The third kappa shape index (κ3) is 5.47. The van der Waals surface area contributed by atoms with E-state index >= 15 is 0 Å². The van der Waals surface area contributed by atoms with Gasteiger partial charge >= 0.3 is 0 Å². The van der Waals surface area contributed by atoms with Gasteiger partial charge in [0.2, 0.25) is 11.8 Å². The molecule has 1 aromatic rings. The zero-order valence-electron chi connectivity index (χ0n) is 14.1. The Bertz CT molecular complexity index is 596. The predicted octanol–water partition coefficient (Wildman–Crippen LogP) is 1.45. The van der Waals surface area contributed by atoms with E-state index in [0.717, 1.165) is 5.56 Å². The second-order valence-corrected chi connectivity index (χ2v) is 5.98. The van der Waals surface area contributed by atoms with Gasteiger partial charge in [-0.15, -0.1) is 0 Å². The Morgan fingerprint density at radius 1 is 1.38 bits per heavy atom. The predicted molar refractivity (Wildman–Crippen MR) is 91.4 cm³/mol. The van der Waals surface area contributed by atoms with Crippen molar-refractivity contribution in [3.05, 3.63) is 41.5 Å². The number of morpholine rings is 1. The van der Waals surface area contributed by atoms with Crippen LogP contribution in [0.5, 0.6) is 0 Å². The molecule has 1 unspecified atom stereocenters. The van der Waals surface area contributed by atoms with Crippen LogP contribution in [-0.2, 0) is 14.3 Å². The molecule has 0 aromatic heterocycles. The minimum absolute atomic E-state index is 0.0631. The zero-order chi connectivity index (χ0) is 17.5. The molecule has 1 fully saturated rings. The third-order valence-electron chi connectivity index (χ3n) is 3.68. The minimum Gasteiger partial charge on any atom is -0.376 e. The minimum atomic E-state index is -0.468. The number of hydrogen-bond donors (Lipinski definition) is 1. The van der Waals surface area contributed by atoms with Crippen molar-refractivity contribution in [3.63, 3.8) is 0 Å². The Kier molecular flexibility index (Phi) is 6.52. The third-order valence-corrected chi connectivity index (χ3v) is 3.68. The van der Waals surface area contributed by atoms with Crippen LogP contribution in [0.25, 0.3) is 6.08 Å². The Balaban J connectivity index is 1.89. The molecule has 1 saturated heterocycles. The van der Waals surface area contributed by atoms with Crippen molar-refractivity contribution >= 4 is 17.9 Å². The smallest absolute Gasteiger partial charge is 0.248 e. The van der Waals surface area contributed by atoms with Gasteiger partial charge in [-0.3, -0.25) is 9.59 Å². The van der Waals surface area contributed by atoms with E-state index in [2.05, 4.69) is 0 Å². The van der Waals surface area contributed by atoms with Crippen molar-refractivity contribution < 1.29 is 19.1 Å². The average Bonchev–Trinajstić information content (AvgIpc) is 2.58. The number of nitrogens with zero attached hydrogens (tertiary/aromatic N) is 1. The average molecular weight is 332 g/mol. The fourth-order valence-electron chi connectivity index (χ4n) is 2.35. The molecule has 2 N–H and O–H groups in total. The molecule has 0 saturated carbocycles. The first-order valence-electron chi connectivity index (χ1n) is 8.05. The van der Waals surface area contributed by atoms with Gasteiger partial charge in [0.1, 0.15) is 0 Å². The van der Waals surface area contributed by atoms with Crippen molar-refractivity contribution in [3.8, 4) is 0 Å². The van der Waals surface area contributed by atoms with Crippen LogP contribution in [0, 0.1) is 0 Å². The molecule has 0 bridgehead atoms. The Labute approximate surface area is 142 Å². The highest BCUT2D eigenvalue weighted by Crippen LogP contribution is 2.10. The lowest BCUT2D eigenvalue weighted by atomic mass is 10.1. The Morgan fingerprint density at radius 2 is 2.08 bits per heavy atom. The van der Waals surface area contributed by atoms with E-state index in [1.54, 1.807) is 35.2 Å². The summed E-state index contributed by atoms with van der Waals surface area (Å²) in [7, 11) is 0. The van der Waals surface area contributed by atoms with Crippen molar-refractivity contribution in [2.75, 3.05) is 26.3 Å². The lowest BCUT2D eigenvalue weighted by Gasteiger charge is -2.32. The molecule has 2 amide bonds. The summed E-state index contributed by atoms with van der Waals surface area (Å²) >= 11 is 0. The molecule has 2 rings (SSSR count). The Hall–Kier alpha value is -2.18. The number of nitrogens with two attached hydrogens (primary N) is 1. The molecule has 1 aliphatic heterocycles. The highest BCUT2D eigenvalue weighted by molar-refractivity contribution is 5.94. The molecule has 24 heavy (non-hydrogen) atoms. The van der Waals surface area contributed by atoms with Gasteiger partial charge in [0.05, 0.1) is 25.4 Å². The topological polar surface area (TPSA) is 81.9 Å². The maximum absolute atomic E-state index is 12.3. The highest BCUT2D eigenvalue weighted by Gasteiger charge is 2.23. The fraction of sp³-hybridized carbons (Fsp3) is 0.444. The van der Waals surface area contributed by atoms with Gasteiger partial charge in [-0.1, -0.05) is 12.1 Å². The second-order valence-electron chi connectivity index (χ2n) is 5.98. The van der Waals surface area contributed by atoms with Crippen molar-refractivity contribution in [1.82, 2.24) is 4.90 Å². The fourth-order valence-corrected chi connectivity index (χ4v) is 2.35. The van der Waals surface area contributed by atoms with E-state index in [-0.39, 0.29) is 18.1 Å². The van der Waals surface area contributed by atoms with E-state index in [1.165, 1.54) is 6.08 Å². The summed E-state index contributed by atoms with van der Waals surface area (Å²) < 4.78 is 11.2. The number of carbonyl (C=O) groups excluding carboxylic acids is 2. The van der Waals surface area contributed by atoms with E-state index in [9.17, 15) is 9.59 Å². The quantitative estimate of drug-likeness (QED) is 0.800. The van der Waals surface area contributed by atoms with Gasteiger partial charge in [0.15, 0.2) is 0 Å². The molecule has 0 radical (unpaired) electrons. The zero-order valence-corrected chi connectivity index (χ0v) is 14.1. The molecule has 6 heteroatoms. The van der Waals surface area contributed by atoms with Crippen LogP contribution in [0.3, 0.4) is 0 Å². The van der Waals surface area contributed by atoms with Crippen LogP contribution in [-0.4, -0.2) is 55.2 Å². The summed E-state index contributed by atoms with van der Waals surface area (Å²) in [5.74, 6) is -0.531. The number of benzene rings is 1. The first kappa shape index (κ1) is 18.2. The van der Waals surface area contributed by atoms with Gasteiger partial charge in [-0.05, 0) is 37.6 Å². The molecule has 0 spiro atoms. The summed E-state index contributed by atoms with van der Waals surface area (Å²) in [4.78, 5) is 25.1. The number of rotatable bonds is 6. The molecule has 1 heterocycles. The van der Waals surface area contributed by atoms with E-state index in [4.69, 9.17) is 15.2 Å². The monoisotopic (exact) mass is 332 g/mol. The number of hydrogen-bond acceptors (Lipinski definition) is 4. The number of amides is 2. The van der Waals surface area contributed by atoms with Gasteiger partial charge in [-0.25, -0.2) is 0 Å². The lowest BCUT2D eigenvalue weighted by Crippen LogP contribution is -2.46. The maximum atomic E-state index is 12.3. The molecular formula is C18H24N2O4.